The van der Waals surface area contributed by atoms with Gasteiger partial charge < -0.3 is 9.64 Å². The molecule has 1 aliphatic heterocycles. The zero-order chi connectivity index (χ0) is 19.6. The van der Waals surface area contributed by atoms with Crippen LogP contribution in [0.2, 0.25) is 0 Å². The van der Waals surface area contributed by atoms with Crippen molar-refractivity contribution in [1.82, 2.24) is 4.98 Å². The van der Waals surface area contributed by atoms with Gasteiger partial charge in [0, 0.05) is 30.6 Å². The zero-order valence-electron chi connectivity index (χ0n) is 14.1. The number of hydrogen-bond donors (Lipinski definition) is 0. The Kier molecular flexibility index (Phi) is 5.39. The molecule has 1 saturated heterocycles. The Balaban J connectivity index is 1.51. The molecule has 10 nitrogen and oxygen atoms in total. The van der Waals surface area contributed by atoms with Crippen molar-refractivity contribution in [2.45, 2.75) is 12.7 Å². The summed E-state index contributed by atoms with van der Waals surface area (Å²) in [5.41, 5.74) is 0.722. The van der Waals surface area contributed by atoms with Crippen molar-refractivity contribution in [3.05, 3.63) is 51.0 Å². The van der Waals surface area contributed by atoms with Gasteiger partial charge in [0.2, 0.25) is 0 Å². The number of anilines is 1. The van der Waals surface area contributed by atoms with Crippen LogP contribution < -0.4 is 4.90 Å². The molecule has 0 unspecified atom stereocenters. The summed E-state index contributed by atoms with van der Waals surface area (Å²) < 4.78 is 32.2. The Morgan fingerprint density at radius 2 is 2.04 bits per heavy atom. The van der Waals surface area contributed by atoms with Gasteiger partial charge in [-0.15, -0.1) is 11.3 Å². The maximum absolute atomic E-state index is 12.1. The smallest absolute Gasteiger partial charge is 0.358 e. The SMILES string of the molecule is CS(=O)(=O)OC1CN(c2nc(C(=O)OCc3ccc([N+](=O)[O-])cc3)cs2)C1. The van der Waals surface area contributed by atoms with Crippen molar-refractivity contribution < 1.29 is 27.1 Å². The fraction of sp³-hybridized carbons (Fsp3) is 0.333. The van der Waals surface area contributed by atoms with Gasteiger partial charge in [-0.2, -0.15) is 8.42 Å². The van der Waals surface area contributed by atoms with Crippen LogP contribution in [-0.2, 0) is 25.6 Å². The largest absolute Gasteiger partial charge is 0.456 e. The molecule has 0 bridgehead atoms. The molecule has 12 heteroatoms. The summed E-state index contributed by atoms with van der Waals surface area (Å²) in [6.07, 6.45) is 0.583. The van der Waals surface area contributed by atoms with E-state index in [4.69, 9.17) is 8.92 Å². The minimum Gasteiger partial charge on any atom is -0.456 e. The van der Waals surface area contributed by atoms with E-state index < -0.39 is 27.1 Å². The first-order chi connectivity index (χ1) is 12.7. The van der Waals surface area contributed by atoms with Crippen LogP contribution in [0.25, 0.3) is 0 Å². The average molecular weight is 413 g/mol. The highest BCUT2D eigenvalue weighted by Gasteiger charge is 2.32. The summed E-state index contributed by atoms with van der Waals surface area (Å²) >= 11 is 1.24. The van der Waals surface area contributed by atoms with E-state index in [0.29, 0.717) is 23.8 Å². The molecule has 0 atom stereocenters. The van der Waals surface area contributed by atoms with Gasteiger partial charge in [0.1, 0.15) is 12.7 Å². The molecule has 2 heterocycles. The molecule has 1 fully saturated rings. The Morgan fingerprint density at radius 3 is 2.63 bits per heavy atom. The molecule has 2 aromatic rings. The Bertz CT molecular complexity index is 950. The predicted octanol–water partition coefficient (Wildman–Crippen LogP) is 1.57. The Hall–Kier alpha value is -2.57. The summed E-state index contributed by atoms with van der Waals surface area (Å²) in [5, 5.41) is 12.7. The lowest BCUT2D eigenvalue weighted by Crippen LogP contribution is -2.53. The maximum Gasteiger partial charge on any atom is 0.358 e. The molecule has 3 rings (SSSR count). The maximum atomic E-state index is 12.1. The molecule has 144 valence electrons. The lowest BCUT2D eigenvalue weighted by atomic mass is 10.2. The third-order valence-electron chi connectivity index (χ3n) is 3.65. The lowest BCUT2D eigenvalue weighted by molar-refractivity contribution is -0.384. The molecule has 27 heavy (non-hydrogen) atoms. The van der Waals surface area contributed by atoms with Gasteiger partial charge in [0.05, 0.1) is 11.2 Å². The predicted molar refractivity (Wildman–Crippen MR) is 96.3 cm³/mol. The second-order valence-corrected chi connectivity index (χ2v) is 8.28. The minimum absolute atomic E-state index is 0.0301. The molecule has 1 aliphatic rings. The number of aromatic nitrogens is 1. The van der Waals surface area contributed by atoms with Crippen molar-refractivity contribution in [3.63, 3.8) is 0 Å². The van der Waals surface area contributed by atoms with E-state index in [2.05, 4.69) is 4.98 Å². The highest BCUT2D eigenvalue weighted by atomic mass is 32.2. The highest BCUT2D eigenvalue weighted by Crippen LogP contribution is 2.27. The van der Waals surface area contributed by atoms with Gasteiger partial charge in [-0.05, 0) is 17.7 Å². The van der Waals surface area contributed by atoms with Gasteiger partial charge in [-0.25, -0.2) is 9.78 Å². The number of nitro benzene ring substituents is 1. The van der Waals surface area contributed by atoms with E-state index in [-0.39, 0.29) is 18.0 Å². The standard InChI is InChI=1S/C15H15N3O7S2/c1-27(22,23)25-12-6-17(7-12)15-16-13(9-26-15)14(19)24-8-10-2-4-11(5-3-10)18(20)21/h2-5,9,12H,6-8H2,1H3. The van der Waals surface area contributed by atoms with Crippen LogP contribution in [0.1, 0.15) is 16.1 Å². The van der Waals surface area contributed by atoms with Gasteiger partial charge in [0.15, 0.2) is 10.8 Å². The number of non-ortho nitro benzene ring substituents is 1. The van der Waals surface area contributed by atoms with Crippen molar-refractivity contribution in [1.29, 1.82) is 0 Å². The molecule has 0 radical (unpaired) electrons. The molecule has 0 amide bonds. The monoisotopic (exact) mass is 413 g/mol. The number of carbonyl (C=O) groups excluding carboxylic acids is 1. The van der Waals surface area contributed by atoms with Crippen molar-refractivity contribution in [2.75, 3.05) is 24.2 Å². The number of nitrogens with zero attached hydrogens (tertiary/aromatic N) is 3. The van der Waals surface area contributed by atoms with Gasteiger partial charge >= 0.3 is 5.97 Å². The topological polar surface area (TPSA) is 129 Å². The van der Waals surface area contributed by atoms with Gasteiger partial charge in [-0.3, -0.25) is 14.3 Å². The van der Waals surface area contributed by atoms with Crippen LogP contribution in [0, 0.1) is 10.1 Å². The summed E-state index contributed by atoms with van der Waals surface area (Å²) in [6, 6.07) is 5.70. The number of benzene rings is 1. The summed E-state index contributed by atoms with van der Waals surface area (Å²) in [4.78, 5) is 28.2. The summed E-state index contributed by atoms with van der Waals surface area (Å²) in [6.45, 7) is 0.716. The molecule has 0 spiro atoms. The van der Waals surface area contributed by atoms with E-state index in [1.165, 1.54) is 35.6 Å². The van der Waals surface area contributed by atoms with Crippen LogP contribution >= 0.6 is 11.3 Å². The summed E-state index contributed by atoms with van der Waals surface area (Å²) in [5.74, 6) is -0.611. The number of rotatable bonds is 7. The number of nitro groups is 1. The highest BCUT2D eigenvalue weighted by molar-refractivity contribution is 7.86. The van der Waals surface area contributed by atoms with Crippen LogP contribution in [-0.4, -0.2) is 49.7 Å². The fourth-order valence-electron chi connectivity index (χ4n) is 2.34. The summed E-state index contributed by atoms with van der Waals surface area (Å²) in [7, 11) is -3.49. The number of esters is 1. The second kappa shape index (κ2) is 7.58. The van der Waals surface area contributed by atoms with E-state index in [1.54, 1.807) is 10.3 Å². The first-order valence-electron chi connectivity index (χ1n) is 7.70. The van der Waals surface area contributed by atoms with Crippen molar-refractivity contribution in [2.24, 2.45) is 0 Å². The van der Waals surface area contributed by atoms with Crippen molar-refractivity contribution >= 4 is 38.2 Å². The first-order valence-corrected chi connectivity index (χ1v) is 10.4. The molecular formula is C15H15N3O7S2. The molecular weight excluding hydrogens is 398 g/mol. The fourth-order valence-corrected chi connectivity index (χ4v) is 3.77. The van der Waals surface area contributed by atoms with E-state index in [9.17, 15) is 23.3 Å². The van der Waals surface area contributed by atoms with E-state index >= 15 is 0 Å². The number of hydrogen-bond acceptors (Lipinski definition) is 10. The number of thiazole rings is 1. The molecule has 1 aromatic carbocycles. The van der Waals surface area contributed by atoms with Gasteiger partial charge in [-0.1, -0.05) is 0 Å². The Morgan fingerprint density at radius 1 is 1.37 bits per heavy atom. The average Bonchev–Trinajstić information content (AvgIpc) is 3.04. The van der Waals surface area contributed by atoms with Crippen LogP contribution in [0.15, 0.2) is 29.6 Å². The van der Waals surface area contributed by atoms with E-state index in [1.807, 2.05) is 0 Å². The van der Waals surface area contributed by atoms with E-state index in [0.717, 1.165) is 6.26 Å². The van der Waals surface area contributed by atoms with Gasteiger partial charge in [0.25, 0.3) is 15.8 Å². The number of carbonyl (C=O) groups is 1. The van der Waals surface area contributed by atoms with Crippen molar-refractivity contribution in [3.8, 4) is 0 Å². The second-order valence-electron chi connectivity index (χ2n) is 5.84. The minimum atomic E-state index is -3.49. The molecule has 1 aromatic heterocycles. The van der Waals surface area contributed by atoms with Crippen LogP contribution in [0.5, 0.6) is 0 Å². The van der Waals surface area contributed by atoms with Crippen LogP contribution in [0.4, 0.5) is 10.8 Å². The number of ether oxygens (including phenoxy) is 1. The normalized spacial score (nSPS) is 14.6. The molecule has 0 saturated carbocycles. The zero-order valence-corrected chi connectivity index (χ0v) is 15.7. The third kappa shape index (κ3) is 4.99. The third-order valence-corrected chi connectivity index (χ3v) is 5.17. The molecule has 0 aliphatic carbocycles. The first kappa shape index (κ1) is 19.2. The lowest BCUT2D eigenvalue weighted by Gasteiger charge is -2.37. The Labute approximate surface area is 158 Å². The quantitative estimate of drug-likeness (QED) is 0.287. The molecule has 0 N–H and O–H groups in total. The van der Waals surface area contributed by atoms with Crippen LogP contribution in [0.3, 0.4) is 0 Å².